The molecule has 3 rings (SSSR count). The van der Waals surface area contributed by atoms with Crippen LogP contribution in [0.4, 0.5) is 5.69 Å². The lowest BCUT2D eigenvalue weighted by molar-refractivity contribution is -0.117. The largest absolute Gasteiger partial charge is 0.325 e. The van der Waals surface area contributed by atoms with Crippen molar-refractivity contribution in [2.45, 2.75) is 26.1 Å². The minimum Gasteiger partial charge on any atom is -0.325 e. The summed E-state index contributed by atoms with van der Waals surface area (Å²) >= 11 is 0. The van der Waals surface area contributed by atoms with E-state index < -0.39 is 6.04 Å². The quantitative estimate of drug-likeness (QED) is 0.690. The summed E-state index contributed by atoms with van der Waals surface area (Å²) in [5.74, 6) is -0.160. The predicted molar refractivity (Wildman–Crippen MR) is 127 cm³/mol. The molecule has 0 bridgehead atoms. The maximum Gasteiger partial charge on any atom is 0.240 e. The minimum absolute atomic E-state index is 0. The zero-order chi connectivity index (χ0) is 18.4. The average molecular weight is 462 g/mol. The van der Waals surface area contributed by atoms with Crippen molar-refractivity contribution in [1.82, 2.24) is 9.80 Å². The lowest BCUT2D eigenvalue weighted by Gasteiger charge is -2.34. The molecule has 0 saturated carbocycles. The molecule has 5 nitrogen and oxygen atoms in total. The van der Waals surface area contributed by atoms with E-state index in [-0.39, 0.29) is 43.1 Å². The Balaban J connectivity index is 0.00000261. The minimum atomic E-state index is -0.498. The number of nitrogens with zero attached hydrogens (tertiary/aromatic N) is 2. The summed E-state index contributed by atoms with van der Waals surface area (Å²) in [4.78, 5) is 16.6. The van der Waals surface area contributed by atoms with Crippen LogP contribution >= 0.6 is 37.2 Å². The number of carbonyl (C=O) groups excluding carboxylic acids is 1. The van der Waals surface area contributed by atoms with E-state index in [4.69, 9.17) is 5.73 Å². The van der Waals surface area contributed by atoms with E-state index in [1.165, 1.54) is 11.1 Å². The van der Waals surface area contributed by atoms with Crippen LogP contribution in [-0.2, 0) is 17.9 Å². The molecule has 162 valence electrons. The van der Waals surface area contributed by atoms with Crippen LogP contribution in [-0.4, -0.2) is 47.9 Å². The Bertz CT molecular complexity index is 706. The van der Waals surface area contributed by atoms with Crippen molar-refractivity contribution >= 4 is 48.8 Å². The zero-order valence-electron chi connectivity index (χ0n) is 16.6. The number of rotatable bonds is 6. The number of anilines is 1. The average Bonchev–Trinajstić information content (AvgIpc) is 2.66. The number of hydrogen-bond donors (Lipinski definition) is 2. The smallest absolute Gasteiger partial charge is 0.240 e. The van der Waals surface area contributed by atoms with Gasteiger partial charge in [0.25, 0.3) is 0 Å². The summed E-state index contributed by atoms with van der Waals surface area (Å²) in [5, 5.41) is 2.82. The van der Waals surface area contributed by atoms with Crippen LogP contribution in [0, 0.1) is 0 Å². The lowest BCUT2D eigenvalue weighted by atomic mass is 10.1. The number of amides is 1. The van der Waals surface area contributed by atoms with E-state index in [0.29, 0.717) is 0 Å². The molecule has 29 heavy (non-hydrogen) atoms. The first-order chi connectivity index (χ1) is 12.6. The molecule has 1 amide bonds. The number of piperazine rings is 1. The SMILES string of the molecule is C[C@H](N)C(=O)Nc1ccc(CN2CCN(Cc3ccccc3)CC2)cc1.Cl.Cl.Cl. The normalized spacial score (nSPS) is 15.2. The Morgan fingerprint density at radius 2 is 1.31 bits per heavy atom. The number of benzene rings is 2. The van der Waals surface area contributed by atoms with E-state index >= 15 is 0 Å². The third-order valence-corrected chi connectivity index (χ3v) is 4.76. The van der Waals surface area contributed by atoms with Crippen molar-refractivity contribution in [2.75, 3.05) is 31.5 Å². The van der Waals surface area contributed by atoms with Crippen molar-refractivity contribution in [3.8, 4) is 0 Å². The molecule has 1 fully saturated rings. The molecule has 1 atom stereocenters. The zero-order valence-corrected chi connectivity index (χ0v) is 19.1. The molecule has 8 heteroatoms. The Labute approximate surface area is 192 Å². The van der Waals surface area contributed by atoms with Gasteiger partial charge in [-0.2, -0.15) is 0 Å². The Kier molecular flexibility index (Phi) is 13.2. The van der Waals surface area contributed by atoms with Crippen molar-refractivity contribution in [2.24, 2.45) is 5.73 Å². The van der Waals surface area contributed by atoms with Crippen molar-refractivity contribution in [1.29, 1.82) is 0 Å². The van der Waals surface area contributed by atoms with Gasteiger partial charge in [0.15, 0.2) is 0 Å². The second kappa shape index (κ2) is 13.8. The van der Waals surface area contributed by atoms with E-state index in [2.05, 4.69) is 57.6 Å². The van der Waals surface area contributed by atoms with Gasteiger partial charge in [-0.05, 0) is 30.2 Å². The molecule has 0 radical (unpaired) electrons. The third-order valence-electron chi connectivity index (χ3n) is 4.76. The van der Waals surface area contributed by atoms with Crippen LogP contribution < -0.4 is 11.1 Å². The van der Waals surface area contributed by atoms with E-state index in [9.17, 15) is 4.79 Å². The molecule has 1 aliphatic heterocycles. The van der Waals surface area contributed by atoms with Crippen molar-refractivity contribution in [3.63, 3.8) is 0 Å². The first-order valence-corrected chi connectivity index (χ1v) is 9.24. The van der Waals surface area contributed by atoms with Crippen LogP contribution in [0.3, 0.4) is 0 Å². The maximum atomic E-state index is 11.6. The highest BCUT2D eigenvalue weighted by Crippen LogP contribution is 2.14. The second-order valence-electron chi connectivity index (χ2n) is 7.01. The number of hydrogen-bond acceptors (Lipinski definition) is 4. The summed E-state index contributed by atoms with van der Waals surface area (Å²) < 4.78 is 0. The van der Waals surface area contributed by atoms with Crippen molar-refractivity contribution < 1.29 is 4.79 Å². The fourth-order valence-corrected chi connectivity index (χ4v) is 3.15. The van der Waals surface area contributed by atoms with Crippen LogP contribution in [0.25, 0.3) is 0 Å². The van der Waals surface area contributed by atoms with Crippen LogP contribution in [0.15, 0.2) is 54.6 Å². The molecule has 0 aliphatic carbocycles. The molecule has 0 aromatic heterocycles. The topological polar surface area (TPSA) is 61.6 Å². The summed E-state index contributed by atoms with van der Waals surface area (Å²) in [6.45, 7) is 8.01. The molecule has 1 heterocycles. The van der Waals surface area contributed by atoms with E-state index in [1.807, 2.05) is 12.1 Å². The molecule has 2 aromatic carbocycles. The highest BCUT2D eigenvalue weighted by Gasteiger charge is 2.17. The molecular weight excluding hydrogens is 431 g/mol. The van der Waals surface area contributed by atoms with Gasteiger partial charge >= 0.3 is 0 Å². The Hall–Kier alpha value is -1.34. The molecule has 0 spiro atoms. The number of nitrogens with one attached hydrogen (secondary N) is 1. The van der Waals surface area contributed by atoms with Gasteiger partial charge in [0.2, 0.25) is 5.91 Å². The van der Waals surface area contributed by atoms with E-state index in [1.54, 1.807) is 6.92 Å². The van der Waals surface area contributed by atoms with Crippen molar-refractivity contribution in [3.05, 3.63) is 65.7 Å². The van der Waals surface area contributed by atoms with Gasteiger partial charge in [0.05, 0.1) is 6.04 Å². The van der Waals surface area contributed by atoms with Gasteiger partial charge in [0, 0.05) is 45.0 Å². The fraction of sp³-hybridized carbons (Fsp3) is 0.381. The van der Waals surface area contributed by atoms with Gasteiger partial charge in [-0.15, -0.1) is 37.2 Å². The first kappa shape index (κ1) is 27.7. The molecule has 1 saturated heterocycles. The molecule has 0 unspecified atom stereocenters. The highest BCUT2D eigenvalue weighted by atomic mass is 35.5. The molecule has 1 aliphatic rings. The summed E-state index contributed by atoms with van der Waals surface area (Å²) in [5.41, 5.74) is 9.01. The monoisotopic (exact) mass is 460 g/mol. The molecule has 2 aromatic rings. The number of halogens is 3. The first-order valence-electron chi connectivity index (χ1n) is 9.24. The van der Waals surface area contributed by atoms with Gasteiger partial charge in [-0.3, -0.25) is 14.6 Å². The number of carbonyl (C=O) groups is 1. The maximum absolute atomic E-state index is 11.6. The molecule has 3 N–H and O–H groups in total. The van der Waals surface area contributed by atoms with Crippen LogP contribution in [0.1, 0.15) is 18.1 Å². The lowest BCUT2D eigenvalue weighted by Crippen LogP contribution is -2.45. The van der Waals surface area contributed by atoms with Crippen LogP contribution in [0.2, 0.25) is 0 Å². The van der Waals surface area contributed by atoms with E-state index in [0.717, 1.165) is 45.0 Å². The standard InChI is InChI=1S/C21H28N4O.3ClH/c1-17(22)21(26)23-20-9-7-19(8-10-20)16-25-13-11-24(12-14-25)15-18-5-3-2-4-6-18;;;/h2-10,17H,11-16,22H2,1H3,(H,23,26);3*1H/t17-;;;/m0.../s1. The van der Waals surface area contributed by atoms with Gasteiger partial charge in [-0.1, -0.05) is 42.5 Å². The highest BCUT2D eigenvalue weighted by molar-refractivity contribution is 5.94. The number of nitrogens with two attached hydrogens (primary N) is 1. The Morgan fingerprint density at radius 1 is 0.862 bits per heavy atom. The van der Waals surface area contributed by atoms with Crippen LogP contribution in [0.5, 0.6) is 0 Å². The van der Waals surface area contributed by atoms with Gasteiger partial charge < -0.3 is 11.1 Å². The summed E-state index contributed by atoms with van der Waals surface area (Å²) in [6, 6.07) is 18.2. The van der Waals surface area contributed by atoms with Gasteiger partial charge in [0.1, 0.15) is 0 Å². The third kappa shape index (κ3) is 8.91. The fourth-order valence-electron chi connectivity index (χ4n) is 3.15. The predicted octanol–water partition coefficient (Wildman–Crippen LogP) is 3.56. The van der Waals surface area contributed by atoms with Gasteiger partial charge in [-0.25, -0.2) is 0 Å². The summed E-state index contributed by atoms with van der Waals surface area (Å²) in [7, 11) is 0. The summed E-state index contributed by atoms with van der Waals surface area (Å²) in [6.07, 6.45) is 0. The second-order valence-corrected chi connectivity index (χ2v) is 7.01. The molecular formula is C21H31Cl3N4O. The Morgan fingerprint density at radius 3 is 1.76 bits per heavy atom.